The van der Waals surface area contributed by atoms with E-state index in [1.54, 1.807) is 14.2 Å². The standard InChI is InChI=1S/C21H34O3/c1-7-17(2)10-8-14-21(3,4)24-15-9-11-18-12-13-19(22-5)20(16-18)23-6/h9,11-13,16-17H,7-8,10,14-15H2,1-6H3/b11-9+. The van der Waals surface area contributed by atoms with Crippen molar-refractivity contribution < 1.29 is 14.2 Å². The molecule has 1 rings (SSSR count). The smallest absolute Gasteiger partial charge is 0.161 e. The van der Waals surface area contributed by atoms with Crippen LogP contribution >= 0.6 is 0 Å². The van der Waals surface area contributed by atoms with Gasteiger partial charge in [-0.05, 0) is 43.9 Å². The molecule has 1 atom stereocenters. The van der Waals surface area contributed by atoms with E-state index in [1.807, 2.05) is 18.2 Å². The molecule has 0 spiro atoms. The molecule has 0 aliphatic carbocycles. The second-order valence-corrected chi connectivity index (χ2v) is 6.99. The van der Waals surface area contributed by atoms with Crippen LogP contribution in [0.5, 0.6) is 11.5 Å². The fraction of sp³-hybridized carbons (Fsp3) is 0.619. The monoisotopic (exact) mass is 334 g/mol. The Morgan fingerprint density at radius 1 is 1.12 bits per heavy atom. The van der Waals surface area contributed by atoms with Crippen LogP contribution in [-0.2, 0) is 4.74 Å². The first-order valence-corrected chi connectivity index (χ1v) is 8.94. The number of ether oxygens (including phenoxy) is 3. The summed E-state index contributed by atoms with van der Waals surface area (Å²) < 4.78 is 16.6. The minimum absolute atomic E-state index is 0.0740. The van der Waals surface area contributed by atoms with Crippen molar-refractivity contribution in [2.24, 2.45) is 5.92 Å². The van der Waals surface area contributed by atoms with Gasteiger partial charge in [-0.1, -0.05) is 51.3 Å². The van der Waals surface area contributed by atoms with Gasteiger partial charge in [-0.15, -0.1) is 0 Å². The first-order chi connectivity index (χ1) is 11.4. The number of rotatable bonds is 11. The van der Waals surface area contributed by atoms with Crippen molar-refractivity contribution in [3.05, 3.63) is 29.8 Å². The van der Waals surface area contributed by atoms with Crippen LogP contribution < -0.4 is 9.47 Å². The van der Waals surface area contributed by atoms with E-state index in [4.69, 9.17) is 14.2 Å². The van der Waals surface area contributed by atoms with Gasteiger partial charge in [-0.2, -0.15) is 0 Å². The second-order valence-electron chi connectivity index (χ2n) is 6.99. The van der Waals surface area contributed by atoms with E-state index in [-0.39, 0.29) is 5.60 Å². The molecule has 0 fully saturated rings. The maximum absolute atomic E-state index is 6.03. The summed E-state index contributed by atoms with van der Waals surface area (Å²) >= 11 is 0. The molecule has 0 aliphatic heterocycles. The molecular formula is C21H34O3. The molecular weight excluding hydrogens is 300 g/mol. The molecule has 3 nitrogen and oxygen atoms in total. The van der Waals surface area contributed by atoms with E-state index < -0.39 is 0 Å². The lowest BCUT2D eigenvalue weighted by molar-refractivity contribution is -0.00936. The van der Waals surface area contributed by atoms with E-state index >= 15 is 0 Å². The molecule has 1 aromatic rings. The Morgan fingerprint density at radius 2 is 1.83 bits per heavy atom. The Balaban J connectivity index is 2.44. The highest BCUT2D eigenvalue weighted by Gasteiger charge is 2.17. The maximum atomic E-state index is 6.03. The van der Waals surface area contributed by atoms with Gasteiger partial charge < -0.3 is 14.2 Å². The molecule has 0 amide bonds. The Morgan fingerprint density at radius 3 is 2.46 bits per heavy atom. The van der Waals surface area contributed by atoms with Gasteiger partial charge in [0.2, 0.25) is 0 Å². The predicted molar refractivity (Wildman–Crippen MR) is 102 cm³/mol. The van der Waals surface area contributed by atoms with Crippen LogP contribution in [0.15, 0.2) is 24.3 Å². The van der Waals surface area contributed by atoms with Crippen LogP contribution in [-0.4, -0.2) is 26.4 Å². The third-order valence-corrected chi connectivity index (χ3v) is 4.46. The fourth-order valence-corrected chi connectivity index (χ4v) is 2.57. The molecule has 0 N–H and O–H groups in total. The molecule has 3 heteroatoms. The van der Waals surface area contributed by atoms with Crippen molar-refractivity contribution in [1.82, 2.24) is 0 Å². The van der Waals surface area contributed by atoms with Gasteiger partial charge in [0.05, 0.1) is 26.4 Å². The zero-order chi connectivity index (χ0) is 18.0. The summed E-state index contributed by atoms with van der Waals surface area (Å²) in [5, 5.41) is 0. The van der Waals surface area contributed by atoms with Gasteiger partial charge in [0.15, 0.2) is 11.5 Å². The first kappa shape index (κ1) is 20.6. The first-order valence-electron chi connectivity index (χ1n) is 8.94. The van der Waals surface area contributed by atoms with Gasteiger partial charge in [0.1, 0.15) is 0 Å². The molecule has 1 unspecified atom stereocenters. The molecule has 0 aliphatic rings. The fourth-order valence-electron chi connectivity index (χ4n) is 2.57. The summed E-state index contributed by atoms with van der Waals surface area (Å²) in [5.41, 5.74) is 1.00. The summed E-state index contributed by atoms with van der Waals surface area (Å²) in [5.74, 6) is 2.30. The average Bonchev–Trinajstić information content (AvgIpc) is 2.58. The number of benzene rings is 1. The lowest BCUT2D eigenvalue weighted by Gasteiger charge is -2.25. The van der Waals surface area contributed by atoms with Crippen molar-refractivity contribution in [3.8, 4) is 11.5 Å². The van der Waals surface area contributed by atoms with E-state index in [0.717, 1.165) is 29.4 Å². The summed E-state index contributed by atoms with van der Waals surface area (Å²) in [6.45, 7) is 9.54. The van der Waals surface area contributed by atoms with Crippen molar-refractivity contribution in [3.63, 3.8) is 0 Å². The van der Waals surface area contributed by atoms with Crippen LogP contribution in [0.1, 0.15) is 58.9 Å². The van der Waals surface area contributed by atoms with E-state index in [0.29, 0.717) is 6.61 Å². The largest absolute Gasteiger partial charge is 0.493 e. The van der Waals surface area contributed by atoms with Gasteiger partial charge in [0.25, 0.3) is 0 Å². The number of methoxy groups -OCH3 is 2. The zero-order valence-corrected chi connectivity index (χ0v) is 16.2. The molecule has 0 radical (unpaired) electrons. The molecule has 0 bridgehead atoms. The molecule has 0 saturated heterocycles. The van der Waals surface area contributed by atoms with Crippen molar-refractivity contribution in [2.45, 2.75) is 59.0 Å². The van der Waals surface area contributed by atoms with E-state index in [2.05, 4.69) is 39.8 Å². The quantitative estimate of drug-likeness (QED) is 0.517. The van der Waals surface area contributed by atoms with Crippen LogP contribution in [0.25, 0.3) is 6.08 Å². The Labute approximate surface area is 148 Å². The van der Waals surface area contributed by atoms with Gasteiger partial charge in [-0.3, -0.25) is 0 Å². The third kappa shape index (κ3) is 7.39. The SMILES string of the molecule is CCC(C)CCCC(C)(C)OC/C=C/c1ccc(OC)c(OC)c1. The Kier molecular flexibility index (Phi) is 8.91. The zero-order valence-electron chi connectivity index (χ0n) is 16.2. The number of hydrogen-bond donors (Lipinski definition) is 0. The Hall–Kier alpha value is -1.48. The lowest BCUT2D eigenvalue weighted by atomic mass is 9.95. The molecule has 136 valence electrons. The lowest BCUT2D eigenvalue weighted by Crippen LogP contribution is -2.24. The highest BCUT2D eigenvalue weighted by Crippen LogP contribution is 2.28. The maximum Gasteiger partial charge on any atom is 0.161 e. The van der Waals surface area contributed by atoms with Gasteiger partial charge in [-0.25, -0.2) is 0 Å². The minimum atomic E-state index is -0.0740. The summed E-state index contributed by atoms with van der Waals surface area (Å²) in [6, 6.07) is 5.89. The Bertz CT molecular complexity index is 506. The summed E-state index contributed by atoms with van der Waals surface area (Å²) in [6.07, 6.45) is 8.97. The van der Waals surface area contributed by atoms with Gasteiger partial charge >= 0.3 is 0 Å². The normalized spacial score (nSPS) is 13.2. The predicted octanol–water partition coefficient (Wildman–Crippen LogP) is 5.73. The van der Waals surface area contributed by atoms with E-state index in [9.17, 15) is 0 Å². The minimum Gasteiger partial charge on any atom is -0.493 e. The molecule has 0 saturated carbocycles. The molecule has 1 aromatic carbocycles. The summed E-state index contributed by atoms with van der Waals surface area (Å²) in [4.78, 5) is 0. The molecule has 0 aromatic heterocycles. The topological polar surface area (TPSA) is 27.7 Å². The van der Waals surface area contributed by atoms with Crippen LogP contribution in [0.3, 0.4) is 0 Å². The number of hydrogen-bond acceptors (Lipinski definition) is 3. The third-order valence-electron chi connectivity index (χ3n) is 4.46. The van der Waals surface area contributed by atoms with Crippen molar-refractivity contribution in [2.75, 3.05) is 20.8 Å². The molecule has 0 heterocycles. The van der Waals surface area contributed by atoms with Crippen LogP contribution in [0.4, 0.5) is 0 Å². The second kappa shape index (κ2) is 10.4. The average molecular weight is 335 g/mol. The van der Waals surface area contributed by atoms with Crippen LogP contribution in [0, 0.1) is 5.92 Å². The molecule has 24 heavy (non-hydrogen) atoms. The van der Waals surface area contributed by atoms with E-state index in [1.165, 1.54) is 19.3 Å². The summed E-state index contributed by atoms with van der Waals surface area (Å²) in [7, 11) is 3.29. The highest BCUT2D eigenvalue weighted by atomic mass is 16.5. The highest BCUT2D eigenvalue weighted by molar-refractivity contribution is 5.55. The van der Waals surface area contributed by atoms with Crippen LogP contribution in [0.2, 0.25) is 0 Å². The van der Waals surface area contributed by atoms with Gasteiger partial charge in [0, 0.05) is 0 Å². The van der Waals surface area contributed by atoms with Crippen molar-refractivity contribution >= 4 is 6.08 Å². The van der Waals surface area contributed by atoms with Crippen molar-refractivity contribution in [1.29, 1.82) is 0 Å².